The fourth-order valence-corrected chi connectivity index (χ4v) is 6.90. The number of carbonyl (C=O) groups is 1. The van der Waals surface area contributed by atoms with Crippen molar-refractivity contribution < 1.29 is 17.9 Å². The van der Waals surface area contributed by atoms with Crippen LogP contribution in [0.2, 0.25) is 0 Å². The van der Waals surface area contributed by atoms with E-state index < -0.39 is 10.0 Å². The molecule has 10 heteroatoms. The lowest BCUT2D eigenvalue weighted by Crippen LogP contribution is -2.38. The molecule has 2 N–H and O–H groups in total. The number of nitrogens with one attached hydrogen (secondary N) is 2. The third-order valence-electron chi connectivity index (χ3n) is 5.85. The van der Waals surface area contributed by atoms with Crippen LogP contribution in [0.5, 0.6) is 5.75 Å². The van der Waals surface area contributed by atoms with Gasteiger partial charge in [-0.3, -0.25) is 4.79 Å². The molecule has 182 valence electrons. The monoisotopic (exact) mass is 502 g/mol. The molecule has 34 heavy (non-hydrogen) atoms. The molecular formula is C24H30N4O4S2. The predicted octanol–water partition coefficient (Wildman–Crippen LogP) is 2.42. The third-order valence-corrected chi connectivity index (χ3v) is 9.27. The molecule has 1 amide bonds. The predicted molar refractivity (Wildman–Crippen MR) is 134 cm³/mol. The van der Waals surface area contributed by atoms with Crippen molar-refractivity contribution >= 4 is 27.3 Å². The zero-order valence-electron chi connectivity index (χ0n) is 19.1. The van der Waals surface area contributed by atoms with E-state index in [1.807, 2.05) is 12.2 Å². The van der Waals surface area contributed by atoms with E-state index in [1.54, 1.807) is 47.8 Å². The molecule has 0 radical (unpaired) electrons. The Morgan fingerprint density at radius 2 is 2.12 bits per heavy atom. The number of hydrogen-bond donors (Lipinski definition) is 2. The van der Waals surface area contributed by atoms with Gasteiger partial charge in [0.15, 0.2) is 0 Å². The zero-order chi connectivity index (χ0) is 24.0. The molecule has 1 aromatic heterocycles. The van der Waals surface area contributed by atoms with Gasteiger partial charge in [-0.1, -0.05) is 18.2 Å². The van der Waals surface area contributed by atoms with Crippen molar-refractivity contribution in [1.82, 2.24) is 19.8 Å². The Bertz CT molecular complexity index is 1160. The van der Waals surface area contributed by atoms with Gasteiger partial charge < -0.3 is 20.3 Å². The molecule has 0 spiro atoms. The largest absolute Gasteiger partial charge is 0.497 e. The summed E-state index contributed by atoms with van der Waals surface area (Å²) in [5.41, 5.74) is 0.493. The van der Waals surface area contributed by atoms with E-state index in [0.29, 0.717) is 28.6 Å². The molecule has 4 rings (SSSR count). The van der Waals surface area contributed by atoms with E-state index in [-0.39, 0.29) is 18.5 Å². The number of benzene rings is 1. The number of amides is 1. The summed E-state index contributed by atoms with van der Waals surface area (Å²) in [6, 6.07) is 10.4. The van der Waals surface area contributed by atoms with Gasteiger partial charge in [-0.15, -0.1) is 11.3 Å². The van der Waals surface area contributed by atoms with Crippen molar-refractivity contribution in [3.8, 4) is 5.75 Å². The number of sulfonamides is 1. The Labute approximate surface area is 205 Å². The van der Waals surface area contributed by atoms with Crippen LogP contribution >= 0.6 is 11.3 Å². The Hall–Kier alpha value is -2.66. The van der Waals surface area contributed by atoms with Crippen LogP contribution < -0.4 is 15.4 Å². The summed E-state index contributed by atoms with van der Waals surface area (Å²) in [5, 5.41) is 6.33. The standard InChI is InChI=1S/C24H30N4O4S2/c1-32-21-7-5-6-19(16-21)24(29)26-17-22-8-9-23(33-22)34(30,31)28-14-10-20(18-28)25-11-15-27-12-3-2-4-13-27/h2-9,12,16,20,25H,10-11,13-15,17-18H2,1H3,(H,26,29). The van der Waals surface area contributed by atoms with Crippen molar-refractivity contribution in [1.29, 1.82) is 0 Å². The van der Waals surface area contributed by atoms with E-state index in [0.717, 1.165) is 30.9 Å². The number of ether oxygens (including phenoxy) is 1. The molecule has 1 atom stereocenters. The minimum atomic E-state index is -3.54. The minimum absolute atomic E-state index is 0.153. The minimum Gasteiger partial charge on any atom is -0.497 e. The van der Waals surface area contributed by atoms with Gasteiger partial charge in [0.25, 0.3) is 15.9 Å². The average molecular weight is 503 g/mol. The molecule has 2 aromatic rings. The fraction of sp³-hybridized carbons (Fsp3) is 0.375. The number of hydrogen-bond acceptors (Lipinski definition) is 7. The van der Waals surface area contributed by atoms with Crippen molar-refractivity contribution in [2.45, 2.75) is 23.2 Å². The smallest absolute Gasteiger partial charge is 0.252 e. The number of allylic oxidation sites excluding steroid dienone is 2. The van der Waals surface area contributed by atoms with Crippen molar-refractivity contribution in [3.05, 3.63) is 71.3 Å². The molecule has 0 bridgehead atoms. The molecule has 1 saturated heterocycles. The van der Waals surface area contributed by atoms with Gasteiger partial charge >= 0.3 is 0 Å². The molecule has 0 saturated carbocycles. The summed E-state index contributed by atoms with van der Waals surface area (Å²) in [4.78, 5) is 15.4. The summed E-state index contributed by atoms with van der Waals surface area (Å²) in [7, 11) is -1.99. The van der Waals surface area contributed by atoms with Gasteiger partial charge in [-0.2, -0.15) is 4.31 Å². The summed E-state index contributed by atoms with van der Waals surface area (Å²) < 4.78 is 33.3. The lowest BCUT2D eigenvalue weighted by atomic mass is 10.2. The van der Waals surface area contributed by atoms with E-state index in [9.17, 15) is 13.2 Å². The van der Waals surface area contributed by atoms with Gasteiger partial charge in [0.1, 0.15) is 9.96 Å². The van der Waals surface area contributed by atoms with E-state index in [1.165, 1.54) is 11.3 Å². The van der Waals surface area contributed by atoms with Crippen LogP contribution in [0.25, 0.3) is 0 Å². The van der Waals surface area contributed by atoms with Gasteiger partial charge in [0.2, 0.25) is 0 Å². The summed E-state index contributed by atoms with van der Waals surface area (Å²) in [6.45, 7) is 3.85. The number of nitrogens with zero attached hydrogens (tertiary/aromatic N) is 2. The van der Waals surface area contributed by atoms with Crippen molar-refractivity contribution in [2.24, 2.45) is 0 Å². The highest BCUT2D eigenvalue weighted by Gasteiger charge is 2.33. The summed E-state index contributed by atoms with van der Waals surface area (Å²) in [5.74, 6) is 0.372. The second kappa shape index (κ2) is 11.2. The third kappa shape index (κ3) is 6.06. The number of methoxy groups -OCH3 is 1. The van der Waals surface area contributed by atoms with Crippen LogP contribution in [0.4, 0.5) is 0 Å². The fourth-order valence-electron chi connectivity index (χ4n) is 3.95. The molecule has 0 aliphatic carbocycles. The van der Waals surface area contributed by atoms with Crippen LogP contribution in [-0.2, 0) is 16.6 Å². The highest BCUT2D eigenvalue weighted by Crippen LogP contribution is 2.27. The summed E-state index contributed by atoms with van der Waals surface area (Å²) >= 11 is 1.20. The quantitative estimate of drug-likeness (QED) is 0.519. The number of carbonyl (C=O) groups excluding carboxylic acids is 1. The Balaban J connectivity index is 1.27. The van der Waals surface area contributed by atoms with Crippen LogP contribution in [0, 0.1) is 0 Å². The van der Waals surface area contributed by atoms with Gasteiger partial charge in [-0.05, 0) is 49.0 Å². The lowest BCUT2D eigenvalue weighted by molar-refractivity contribution is 0.0951. The average Bonchev–Trinajstić information content (AvgIpc) is 3.54. The van der Waals surface area contributed by atoms with Crippen molar-refractivity contribution in [2.75, 3.05) is 39.8 Å². The molecule has 1 aromatic carbocycles. The Morgan fingerprint density at radius 1 is 1.24 bits per heavy atom. The maximum absolute atomic E-state index is 13.1. The Morgan fingerprint density at radius 3 is 2.91 bits per heavy atom. The first-order valence-electron chi connectivity index (χ1n) is 11.3. The number of thiophene rings is 1. The highest BCUT2D eigenvalue weighted by atomic mass is 32.2. The second-order valence-electron chi connectivity index (χ2n) is 8.20. The maximum atomic E-state index is 13.1. The van der Waals surface area contributed by atoms with Crippen LogP contribution in [0.15, 0.2) is 65.0 Å². The molecule has 2 aliphatic heterocycles. The molecule has 1 unspecified atom stereocenters. The first kappa shape index (κ1) is 24.5. The molecule has 8 nitrogen and oxygen atoms in total. The molecular weight excluding hydrogens is 472 g/mol. The number of rotatable bonds is 10. The van der Waals surface area contributed by atoms with Crippen molar-refractivity contribution in [3.63, 3.8) is 0 Å². The first-order chi connectivity index (χ1) is 16.5. The van der Waals surface area contributed by atoms with Crippen LogP contribution in [0.1, 0.15) is 21.7 Å². The maximum Gasteiger partial charge on any atom is 0.252 e. The molecule has 3 heterocycles. The van der Waals surface area contributed by atoms with E-state index >= 15 is 0 Å². The molecule has 2 aliphatic rings. The molecule has 1 fully saturated rings. The Kier molecular flexibility index (Phi) is 8.04. The second-order valence-corrected chi connectivity index (χ2v) is 11.5. The van der Waals surface area contributed by atoms with E-state index in [4.69, 9.17) is 4.74 Å². The van der Waals surface area contributed by atoms with Crippen LogP contribution in [0.3, 0.4) is 0 Å². The SMILES string of the molecule is COc1cccc(C(=O)NCc2ccc(S(=O)(=O)N3CCC(NCCN4C=CC=CC4)C3)s2)c1. The van der Waals surface area contributed by atoms with Crippen LogP contribution in [-0.4, -0.2) is 69.4 Å². The van der Waals surface area contributed by atoms with Gasteiger partial charge in [0.05, 0.1) is 13.7 Å². The van der Waals surface area contributed by atoms with E-state index in [2.05, 4.69) is 27.8 Å². The lowest BCUT2D eigenvalue weighted by Gasteiger charge is -2.22. The van der Waals surface area contributed by atoms with Gasteiger partial charge in [0, 0.05) is 49.2 Å². The topological polar surface area (TPSA) is 91.0 Å². The normalized spacial score (nSPS) is 18.4. The first-order valence-corrected chi connectivity index (χ1v) is 13.5. The summed E-state index contributed by atoms with van der Waals surface area (Å²) in [6.07, 6.45) is 9.04. The highest BCUT2D eigenvalue weighted by molar-refractivity contribution is 7.91. The van der Waals surface area contributed by atoms with Gasteiger partial charge in [-0.25, -0.2) is 8.42 Å². The zero-order valence-corrected chi connectivity index (χ0v) is 20.8.